The minimum atomic E-state index is -0.760. The Morgan fingerprint density at radius 2 is 2.00 bits per heavy atom. The highest BCUT2D eigenvalue weighted by Crippen LogP contribution is 2.21. The fourth-order valence-electron chi connectivity index (χ4n) is 2.02. The Labute approximate surface area is 147 Å². The SMILES string of the molecule is Cc1cc([N+](=O)[O-])ccc1NC(=O)COC(=O)c1ccc(Cl)cc1N. The minimum absolute atomic E-state index is 0.0832. The number of carbonyl (C=O) groups is 2. The van der Waals surface area contributed by atoms with Crippen molar-refractivity contribution in [3.8, 4) is 0 Å². The quantitative estimate of drug-likeness (QED) is 0.364. The lowest BCUT2D eigenvalue weighted by atomic mass is 10.2. The molecule has 0 unspecified atom stereocenters. The van der Waals surface area contributed by atoms with E-state index in [1.807, 2.05) is 0 Å². The summed E-state index contributed by atoms with van der Waals surface area (Å²) >= 11 is 5.75. The lowest BCUT2D eigenvalue weighted by molar-refractivity contribution is -0.384. The summed E-state index contributed by atoms with van der Waals surface area (Å²) in [6, 6.07) is 8.29. The number of aryl methyl sites for hydroxylation is 1. The molecule has 0 aliphatic carbocycles. The van der Waals surface area contributed by atoms with Crippen LogP contribution in [0.2, 0.25) is 5.02 Å². The molecule has 130 valence electrons. The number of non-ortho nitro benzene ring substituents is 1. The van der Waals surface area contributed by atoms with E-state index in [0.29, 0.717) is 16.3 Å². The van der Waals surface area contributed by atoms with Crippen molar-refractivity contribution in [3.63, 3.8) is 0 Å². The highest BCUT2D eigenvalue weighted by atomic mass is 35.5. The number of hydrogen-bond acceptors (Lipinski definition) is 6. The highest BCUT2D eigenvalue weighted by Gasteiger charge is 2.15. The van der Waals surface area contributed by atoms with E-state index in [1.165, 1.54) is 36.4 Å². The van der Waals surface area contributed by atoms with Crippen molar-refractivity contribution in [2.75, 3.05) is 17.7 Å². The molecule has 0 spiro atoms. The van der Waals surface area contributed by atoms with Gasteiger partial charge in [0.05, 0.1) is 10.5 Å². The predicted octanol–water partition coefficient (Wildman–Crippen LogP) is 2.93. The van der Waals surface area contributed by atoms with E-state index >= 15 is 0 Å². The summed E-state index contributed by atoms with van der Waals surface area (Å²) < 4.78 is 4.90. The Bertz CT molecular complexity index is 854. The number of nitro benzene ring substituents is 1. The minimum Gasteiger partial charge on any atom is -0.452 e. The van der Waals surface area contributed by atoms with Crippen molar-refractivity contribution in [2.24, 2.45) is 0 Å². The van der Waals surface area contributed by atoms with E-state index in [2.05, 4.69) is 5.32 Å². The fraction of sp³-hybridized carbons (Fsp3) is 0.125. The smallest absolute Gasteiger partial charge is 0.340 e. The Morgan fingerprint density at radius 1 is 1.28 bits per heavy atom. The van der Waals surface area contributed by atoms with Gasteiger partial charge in [0.2, 0.25) is 0 Å². The summed E-state index contributed by atoms with van der Waals surface area (Å²) in [5.41, 5.74) is 6.73. The third-order valence-corrected chi connectivity index (χ3v) is 3.50. The molecule has 2 aromatic carbocycles. The van der Waals surface area contributed by atoms with Crippen LogP contribution in [0.15, 0.2) is 36.4 Å². The van der Waals surface area contributed by atoms with Gasteiger partial charge in [0.25, 0.3) is 11.6 Å². The molecule has 2 rings (SSSR count). The second-order valence-electron chi connectivity index (χ2n) is 5.11. The van der Waals surface area contributed by atoms with Gasteiger partial charge in [0.15, 0.2) is 6.61 Å². The summed E-state index contributed by atoms with van der Waals surface area (Å²) in [7, 11) is 0. The molecule has 0 saturated heterocycles. The van der Waals surface area contributed by atoms with E-state index in [4.69, 9.17) is 22.1 Å². The molecular formula is C16H14ClN3O5. The first-order chi connectivity index (χ1) is 11.8. The standard InChI is InChI=1S/C16H14ClN3O5/c1-9-6-11(20(23)24)3-5-14(9)19-15(21)8-25-16(22)12-4-2-10(17)7-13(12)18/h2-7H,8,18H2,1H3,(H,19,21). The largest absolute Gasteiger partial charge is 0.452 e. The van der Waals surface area contributed by atoms with Gasteiger partial charge in [-0.3, -0.25) is 14.9 Å². The molecule has 0 radical (unpaired) electrons. The third kappa shape index (κ3) is 4.67. The number of esters is 1. The number of nitro groups is 1. The molecule has 0 saturated carbocycles. The maximum absolute atomic E-state index is 11.9. The van der Waals surface area contributed by atoms with Crippen LogP contribution in [0.5, 0.6) is 0 Å². The molecule has 0 aliphatic heterocycles. The molecule has 2 aromatic rings. The van der Waals surface area contributed by atoms with E-state index < -0.39 is 23.4 Å². The van der Waals surface area contributed by atoms with Crippen molar-refractivity contribution < 1.29 is 19.2 Å². The van der Waals surface area contributed by atoms with Crippen LogP contribution in [0.3, 0.4) is 0 Å². The second-order valence-corrected chi connectivity index (χ2v) is 5.55. The number of halogens is 1. The van der Waals surface area contributed by atoms with Gasteiger partial charge in [0.1, 0.15) is 0 Å². The van der Waals surface area contributed by atoms with Crippen LogP contribution >= 0.6 is 11.6 Å². The molecule has 3 N–H and O–H groups in total. The molecular weight excluding hydrogens is 350 g/mol. The monoisotopic (exact) mass is 363 g/mol. The number of nitrogens with one attached hydrogen (secondary N) is 1. The molecule has 25 heavy (non-hydrogen) atoms. The Balaban J connectivity index is 1.96. The number of anilines is 2. The maximum atomic E-state index is 11.9. The molecule has 0 heterocycles. The average molecular weight is 364 g/mol. The predicted molar refractivity (Wildman–Crippen MR) is 92.6 cm³/mol. The normalized spacial score (nSPS) is 10.2. The summed E-state index contributed by atoms with van der Waals surface area (Å²) in [4.78, 5) is 34.0. The lowest BCUT2D eigenvalue weighted by Crippen LogP contribution is -2.21. The number of amides is 1. The van der Waals surface area contributed by atoms with Crippen LogP contribution in [0.25, 0.3) is 0 Å². The Hall–Kier alpha value is -3.13. The molecule has 0 atom stereocenters. The molecule has 0 aliphatic rings. The molecule has 9 heteroatoms. The molecule has 1 amide bonds. The van der Waals surface area contributed by atoms with Gasteiger partial charge < -0.3 is 15.8 Å². The number of carbonyl (C=O) groups excluding carboxylic acids is 2. The van der Waals surface area contributed by atoms with Gasteiger partial charge in [0, 0.05) is 28.5 Å². The van der Waals surface area contributed by atoms with Gasteiger partial charge in [-0.25, -0.2) is 4.79 Å². The zero-order valence-corrected chi connectivity index (χ0v) is 13.9. The summed E-state index contributed by atoms with van der Waals surface area (Å²) in [6.07, 6.45) is 0. The Morgan fingerprint density at radius 3 is 2.60 bits per heavy atom. The molecule has 8 nitrogen and oxygen atoms in total. The van der Waals surface area contributed by atoms with Gasteiger partial charge in [-0.1, -0.05) is 11.6 Å². The van der Waals surface area contributed by atoms with Crippen molar-refractivity contribution in [2.45, 2.75) is 6.92 Å². The third-order valence-electron chi connectivity index (χ3n) is 3.26. The highest BCUT2D eigenvalue weighted by molar-refractivity contribution is 6.31. The van der Waals surface area contributed by atoms with Crippen LogP contribution in [0.4, 0.5) is 17.1 Å². The summed E-state index contributed by atoms with van der Waals surface area (Å²) in [5.74, 6) is -1.34. The maximum Gasteiger partial charge on any atom is 0.340 e. The van der Waals surface area contributed by atoms with Gasteiger partial charge in [-0.2, -0.15) is 0 Å². The molecule has 0 aromatic heterocycles. The first-order valence-corrected chi connectivity index (χ1v) is 7.43. The number of nitrogens with two attached hydrogens (primary N) is 1. The van der Waals surface area contributed by atoms with Crippen LogP contribution in [0, 0.1) is 17.0 Å². The lowest BCUT2D eigenvalue weighted by Gasteiger charge is -2.10. The molecule has 0 bridgehead atoms. The van der Waals surface area contributed by atoms with Crippen molar-refractivity contribution in [3.05, 3.63) is 62.7 Å². The van der Waals surface area contributed by atoms with Crippen LogP contribution in [-0.2, 0) is 9.53 Å². The van der Waals surface area contributed by atoms with Crippen LogP contribution < -0.4 is 11.1 Å². The summed E-state index contributed by atoms with van der Waals surface area (Å²) in [6.45, 7) is 1.08. The number of hydrogen-bond donors (Lipinski definition) is 2. The van der Waals surface area contributed by atoms with Crippen LogP contribution in [-0.4, -0.2) is 23.4 Å². The zero-order chi connectivity index (χ0) is 18.6. The number of rotatable bonds is 5. The van der Waals surface area contributed by atoms with Crippen molar-refractivity contribution >= 4 is 40.5 Å². The number of benzene rings is 2. The average Bonchev–Trinajstić information content (AvgIpc) is 2.54. The first kappa shape index (κ1) is 18.2. The van der Waals surface area contributed by atoms with E-state index in [1.54, 1.807) is 6.92 Å². The fourth-order valence-corrected chi connectivity index (χ4v) is 2.20. The topological polar surface area (TPSA) is 125 Å². The second kappa shape index (κ2) is 7.63. The van der Waals surface area contributed by atoms with Gasteiger partial charge in [-0.05, 0) is 36.8 Å². The zero-order valence-electron chi connectivity index (χ0n) is 13.1. The summed E-state index contributed by atoms with van der Waals surface area (Å²) in [5, 5.41) is 13.6. The first-order valence-electron chi connectivity index (χ1n) is 7.05. The van der Waals surface area contributed by atoms with Crippen molar-refractivity contribution in [1.29, 1.82) is 0 Å². The van der Waals surface area contributed by atoms with E-state index in [0.717, 1.165) is 0 Å². The van der Waals surface area contributed by atoms with Crippen LogP contribution in [0.1, 0.15) is 15.9 Å². The van der Waals surface area contributed by atoms with E-state index in [-0.39, 0.29) is 16.9 Å². The Kier molecular flexibility index (Phi) is 5.56. The van der Waals surface area contributed by atoms with Gasteiger partial charge in [-0.15, -0.1) is 0 Å². The number of nitrogen functional groups attached to an aromatic ring is 1. The van der Waals surface area contributed by atoms with Crippen molar-refractivity contribution in [1.82, 2.24) is 0 Å². The number of nitrogens with zero attached hydrogens (tertiary/aromatic N) is 1. The molecule has 0 fully saturated rings. The van der Waals surface area contributed by atoms with Gasteiger partial charge >= 0.3 is 5.97 Å². The van der Waals surface area contributed by atoms with E-state index in [9.17, 15) is 19.7 Å². The number of ether oxygens (including phenoxy) is 1.